The molecule has 1 aromatic carbocycles. The second-order valence-corrected chi connectivity index (χ2v) is 8.47. The molecule has 0 fully saturated rings. The molecule has 0 amide bonds. The summed E-state index contributed by atoms with van der Waals surface area (Å²) >= 11 is 0. The monoisotopic (exact) mass is 468 g/mol. The lowest BCUT2D eigenvalue weighted by Gasteiger charge is -2.29. The first-order valence-corrected chi connectivity index (χ1v) is 10.9. The Labute approximate surface area is 194 Å². The first-order chi connectivity index (χ1) is 16.2. The molecule has 7 nitrogen and oxygen atoms in total. The Balaban J connectivity index is 1.43. The SMILES string of the molecule is COc1nc(-c2nc3n(n2)CCC(c2ccc(C(F)(F)F)cc2)C3C)ccc1-n1cnc(C)c1. The van der Waals surface area contributed by atoms with E-state index in [0.717, 1.165) is 41.3 Å². The van der Waals surface area contributed by atoms with Crippen LogP contribution in [-0.2, 0) is 12.7 Å². The summed E-state index contributed by atoms with van der Waals surface area (Å²) in [6.45, 7) is 4.57. The minimum absolute atomic E-state index is 0.0122. The number of rotatable bonds is 4. The Kier molecular flexibility index (Phi) is 5.38. The van der Waals surface area contributed by atoms with Crippen LogP contribution in [0.5, 0.6) is 5.88 Å². The third kappa shape index (κ3) is 3.93. The van der Waals surface area contributed by atoms with Crippen LogP contribution in [0.25, 0.3) is 17.2 Å². The number of hydrogen-bond donors (Lipinski definition) is 0. The maximum Gasteiger partial charge on any atom is 0.416 e. The van der Waals surface area contributed by atoms with Crippen molar-refractivity contribution >= 4 is 0 Å². The number of aryl methyl sites for hydroxylation is 2. The summed E-state index contributed by atoms with van der Waals surface area (Å²) in [7, 11) is 1.56. The van der Waals surface area contributed by atoms with E-state index >= 15 is 0 Å². The van der Waals surface area contributed by atoms with Gasteiger partial charge in [0, 0.05) is 18.7 Å². The predicted octanol–water partition coefficient (Wildman–Crippen LogP) is 5.15. The Morgan fingerprint density at radius 3 is 2.47 bits per heavy atom. The summed E-state index contributed by atoms with van der Waals surface area (Å²) in [5, 5.41) is 4.65. The molecule has 2 atom stereocenters. The lowest BCUT2D eigenvalue weighted by Crippen LogP contribution is -2.22. The predicted molar refractivity (Wildman–Crippen MR) is 119 cm³/mol. The van der Waals surface area contributed by atoms with Crippen LogP contribution in [0.15, 0.2) is 48.9 Å². The topological polar surface area (TPSA) is 70.7 Å². The third-order valence-corrected chi connectivity index (χ3v) is 6.28. The van der Waals surface area contributed by atoms with Crippen LogP contribution >= 0.6 is 0 Å². The number of nitrogens with zero attached hydrogens (tertiary/aromatic N) is 6. The van der Waals surface area contributed by atoms with E-state index in [1.165, 1.54) is 0 Å². The maximum atomic E-state index is 12.9. The Morgan fingerprint density at radius 1 is 1.06 bits per heavy atom. The lowest BCUT2D eigenvalue weighted by molar-refractivity contribution is -0.137. The molecule has 1 aliphatic rings. The normalized spacial score (nSPS) is 18.1. The molecular weight excluding hydrogens is 445 g/mol. The van der Waals surface area contributed by atoms with Crippen LogP contribution in [0.3, 0.4) is 0 Å². The molecule has 0 spiro atoms. The molecule has 0 saturated carbocycles. The summed E-state index contributed by atoms with van der Waals surface area (Å²) in [5.74, 6) is 1.75. The van der Waals surface area contributed by atoms with Gasteiger partial charge in [-0.1, -0.05) is 19.1 Å². The van der Waals surface area contributed by atoms with E-state index in [1.54, 1.807) is 25.6 Å². The van der Waals surface area contributed by atoms with Crippen molar-refractivity contribution in [1.82, 2.24) is 29.3 Å². The van der Waals surface area contributed by atoms with Crippen LogP contribution in [-0.4, -0.2) is 36.4 Å². The molecule has 4 aromatic rings. The molecule has 0 N–H and O–H groups in total. The van der Waals surface area contributed by atoms with E-state index in [4.69, 9.17) is 9.72 Å². The lowest BCUT2D eigenvalue weighted by atomic mass is 9.82. The van der Waals surface area contributed by atoms with Gasteiger partial charge >= 0.3 is 6.18 Å². The fourth-order valence-electron chi connectivity index (χ4n) is 4.49. The van der Waals surface area contributed by atoms with Gasteiger partial charge in [-0.3, -0.25) is 0 Å². The van der Waals surface area contributed by atoms with E-state index < -0.39 is 11.7 Å². The fraction of sp³-hybridized carbons (Fsp3) is 0.333. The molecule has 4 heterocycles. The number of ether oxygens (including phenoxy) is 1. The molecule has 0 bridgehead atoms. The summed E-state index contributed by atoms with van der Waals surface area (Å²) in [6.07, 6.45) is 0.00507. The molecule has 2 unspecified atom stereocenters. The van der Waals surface area contributed by atoms with Crippen molar-refractivity contribution in [2.75, 3.05) is 7.11 Å². The van der Waals surface area contributed by atoms with Gasteiger partial charge in [-0.15, -0.1) is 5.10 Å². The van der Waals surface area contributed by atoms with Crippen LogP contribution in [0.1, 0.15) is 47.8 Å². The van der Waals surface area contributed by atoms with Crippen molar-refractivity contribution in [2.24, 2.45) is 0 Å². The molecule has 5 rings (SSSR count). The Hall–Kier alpha value is -3.69. The van der Waals surface area contributed by atoms with Gasteiger partial charge in [0.25, 0.3) is 0 Å². The quantitative estimate of drug-likeness (QED) is 0.414. The van der Waals surface area contributed by atoms with Crippen molar-refractivity contribution in [3.05, 3.63) is 71.6 Å². The number of alkyl halides is 3. The van der Waals surface area contributed by atoms with Gasteiger partial charge in [0.15, 0.2) is 5.82 Å². The molecule has 176 valence electrons. The summed E-state index contributed by atoms with van der Waals surface area (Å²) < 4.78 is 48.0. The third-order valence-electron chi connectivity index (χ3n) is 6.28. The van der Waals surface area contributed by atoms with Crippen molar-refractivity contribution in [3.63, 3.8) is 0 Å². The highest BCUT2D eigenvalue weighted by molar-refractivity contribution is 5.55. The molecule has 1 aliphatic heterocycles. The molecule has 3 aromatic heterocycles. The van der Waals surface area contributed by atoms with Crippen LogP contribution in [0.2, 0.25) is 0 Å². The highest BCUT2D eigenvalue weighted by Crippen LogP contribution is 2.40. The summed E-state index contributed by atoms with van der Waals surface area (Å²) in [5.41, 5.74) is 2.45. The van der Waals surface area contributed by atoms with Crippen molar-refractivity contribution < 1.29 is 17.9 Å². The number of fused-ring (bicyclic) bond motifs is 1. The number of methoxy groups -OCH3 is 1. The van der Waals surface area contributed by atoms with Crippen LogP contribution < -0.4 is 4.74 Å². The average Bonchev–Trinajstić information content (AvgIpc) is 3.45. The van der Waals surface area contributed by atoms with Crippen molar-refractivity contribution in [1.29, 1.82) is 0 Å². The number of imidazole rings is 1. The van der Waals surface area contributed by atoms with E-state index in [2.05, 4.69) is 15.1 Å². The first-order valence-electron chi connectivity index (χ1n) is 10.9. The average molecular weight is 468 g/mol. The zero-order valence-electron chi connectivity index (χ0n) is 18.9. The minimum atomic E-state index is -4.34. The number of pyridine rings is 1. The number of aromatic nitrogens is 6. The molecular formula is C24H23F3N6O. The van der Waals surface area contributed by atoms with Crippen LogP contribution in [0.4, 0.5) is 13.2 Å². The largest absolute Gasteiger partial charge is 0.479 e. The zero-order chi connectivity index (χ0) is 24.0. The van der Waals surface area contributed by atoms with E-state index in [1.807, 2.05) is 41.4 Å². The van der Waals surface area contributed by atoms with Gasteiger partial charge in [-0.25, -0.2) is 19.6 Å². The van der Waals surface area contributed by atoms with Crippen molar-refractivity contribution in [3.8, 4) is 23.1 Å². The molecule has 0 saturated heterocycles. The second kappa shape index (κ2) is 8.27. The van der Waals surface area contributed by atoms with E-state index in [0.29, 0.717) is 23.9 Å². The van der Waals surface area contributed by atoms with Gasteiger partial charge in [-0.05, 0) is 49.1 Å². The van der Waals surface area contributed by atoms with E-state index in [-0.39, 0.29) is 11.8 Å². The van der Waals surface area contributed by atoms with Crippen molar-refractivity contribution in [2.45, 2.75) is 44.8 Å². The molecule has 34 heavy (non-hydrogen) atoms. The van der Waals surface area contributed by atoms with Gasteiger partial charge in [0.05, 0.1) is 24.7 Å². The number of hydrogen-bond acceptors (Lipinski definition) is 5. The highest BCUT2D eigenvalue weighted by Gasteiger charge is 2.33. The van der Waals surface area contributed by atoms with Gasteiger partial charge < -0.3 is 9.30 Å². The smallest absolute Gasteiger partial charge is 0.416 e. The summed E-state index contributed by atoms with van der Waals surface area (Å²) in [6, 6.07) is 9.15. The van der Waals surface area contributed by atoms with Gasteiger partial charge in [0.1, 0.15) is 17.2 Å². The van der Waals surface area contributed by atoms with Gasteiger partial charge in [0.2, 0.25) is 5.88 Å². The molecule has 0 aliphatic carbocycles. The number of benzene rings is 1. The Morgan fingerprint density at radius 2 is 1.82 bits per heavy atom. The zero-order valence-corrected chi connectivity index (χ0v) is 18.9. The van der Waals surface area contributed by atoms with E-state index in [9.17, 15) is 13.2 Å². The van der Waals surface area contributed by atoms with Crippen LogP contribution in [0, 0.1) is 6.92 Å². The number of halogens is 3. The Bertz CT molecular complexity index is 1330. The summed E-state index contributed by atoms with van der Waals surface area (Å²) in [4.78, 5) is 13.6. The standard InChI is InChI=1S/C24H23F3N6O/c1-14-12-32(13-28-14)20-9-8-19(29-23(20)34-3)21-30-22-15(2)18(10-11-33(22)31-21)16-4-6-17(7-5-16)24(25,26)27/h4-9,12-13,15,18H,10-11H2,1-3H3. The van der Waals surface area contributed by atoms with Gasteiger partial charge in [-0.2, -0.15) is 13.2 Å². The fourth-order valence-corrected chi connectivity index (χ4v) is 4.49. The second-order valence-electron chi connectivity index (χ2n) is 8.47. The maximum absolute atomic E-state index is 12.9. The highest BCUT2D eigenvalue weighted by atomic mass is 19.4. The first kappa shape index (κ1) is 22.1. The molecule has 0 radical (unpaired) electrons. The molecule has 10 heteroatoms. The minimum Gasteiger partial charge on any atom is -0.479 e.